The monoisotopic (exact) mass is 539 g/mol. The van der Waals surface area contributed by atoms with Crippen LogP contribution in [0.1, 0.15) is 35.9 Å². The maximum Gasteiger partial charge on any atom is 0.336 e. The number of piperazine rings is 1. The Labute approximate surface area is 225 Å². The molecular formula is C27H31N4O8+. The third-order valence-electron chi connectivity index (χ3n) is 7.12. The summed E-state index contributed by atoms with van der Waals surface area (Å²) in [4.78, 5) is 56.9. The number of methoxy groups -OCH3 is 1. The third-order valence-corrected chi connectivity index (χ3v) is 7.12. The second-order valence-electron chi connectivity index (χ2n) is 9.49. The highest BCUT2D eigenvalue weighted by Crippen LogP contribution is 2.40. The van der Waals surface area contributed by atoms with E-state index in [1.54, 1.807) is 36.9 Å². The minimum Gasteiger partial charge on any atom is -0.468 e. The van der Waals surface area contributed by atoms with Crippen LogP contribution in [0.2, 0.25) is 0 Å². The number of nitrogens with one attached hydrogen (secondary N) is 1. The van der Waals surface area contributed by atoms with Crippen molar-refractivity contribution in [1.29, 1.82) is 0 Å². The summed E-state index contributed by atoms with van der Waals surface area (Å²) < 4.78 is 15.8. The number of furan rings is 1. The number of amides is 1. The van der Waals surface area contributed by atoms with Gasteiger partial charge in [-0.3, -0.25) is 24.7 Å². The summed E-state index contributed by atoms with van der Waals surface area (Å²) >= 11 is 0. The number of nitro benzene ring substituents is 1. The van der Waals surface area contributed by atoms with E-state index in [1.807, 2.05) is 0 Å². The SMILES string of the molecule is COC(=O)C1C(C)=NC(C)=C(C(=O)OCC[NH+]2CCN(C(=O)c3ccco3)CC2)[C@H]1c1cccc([N+](=O)[O-])c1. The number of nitrogens with zero attached hydrogens (tertiary/aromatic N) is 3. The van der Waals surface area contributed by atoms with Crippen LogP contribution in [-0.2, 0) is 19.1 Å². The Morgan fingerprint density at radius 3 is 2.56 bits per heavy atom. The number of non-ortho nitro benzene ring substituents is 1. The topological polar surface area (TPSA) is 146 Å². The summed E-state index contributed by atoms with van der Waals surface area (Å²) in [5, 5.41) is 11.4. The number of rotatable bonds is 8. The standard InChI is InChI=1S/C27H30N4O8/c1-17-22(26(33)37-3)24(19-6-4-7-20(16-19)31(35)36)23(18(2)28-17)27(34)39-15-13-29-9-11-30(12-10-29)25(32)21-8-5-14-38-21/h4-8,14,16,22,24H,9-13,15H2,1-3H3/p+1/t22?,24-/m0/s1. The van der Waals surface area contributed by atoms with Crippen molar-refractivity contribution in [2.75, 3.05) is 46.4 Å². The molecule has 39 heavy (non-hydrogen) atoms. The molecule has 0 bridgehead atoms. The zero-order valence-corrected chi connectivity index (χ0v) is 22.0. The van der Waals surface area contributed by atoms with Gasteiger partial charge < -0.3 is 23.7 Å². The second kappa shape index (κ2) is 12.0. The average Bonchev–Trinajstić information content (AvgIpc) is 3.47. The fourth-order valence-corrected chi connectivity index (χ4v) is 5.12. The van der Waals surface area contributed by atoms with Gasteiger partial charge in [0.2, 0.25) is 0 Å². The van der Waals surface area contributed by atoms with E-state index in [1.165, 1.54) is 36.5 Å². The third kappa shape index (κ3) is 6.06. The van der Waals surface area contributed by atoms with Crippen molar-refractivity contribution >= 4 is 29.2 Å². The van der Waals surface area contributed by atoms with E-state index in [0.717, 1.165) is 0 Å². The lowest BCUT2D eigenvalue weighted by molar-refractivity contribution is -0.904. The minimum absolute atomic E-state index is 0.115. The lowest BCUT2D eigenvalue weighted by atomic mass is 9.75. The van der Waals surface area contributed by atoms with Gasteiger partial charge in [-0.15, -0.1) is 0 Å². The predicted octanol–water partition coefficient (Wildman–Crippen LogP) is 1.39. The first-order valence-electron chi connectivity index (χ1n) is 12.6. The molecular weight excluding hydrogens is 508 g/mol. The Kier molecular flexibility index (Phi) is 8.55. The molecule has 0 radical (unpaired) electrons. The number of esters is 2. The van der Waals surface area contributed by atoms with Crippen LogP contribution < -0.4 is 4.90 Å². The van der Waals surface area contributed by atoms with Crippen molar-refractivity contribution in [2.45, 2.75) is 19.8 Å². The Bertz CT molecular complexity index is 1310. The molecule has 0 aliphatic carbocycles. The number of carbonyl (C=O) groups excluding carboxylic acids is 3. The molecule has 1 aromatic heterocycles. The van der Waals surface area contributed by atoms with Crippen LogP contribution in [0.15, 0.2) is 63.3 Å². The number of ether oxygens (including phenoxy) is 2. The molecule has 1 amide bonds. The zero-order chi connectivity index (χ0) is 28.1. The van der Waals surface area contributed by atoms with Gasteiger partial charge in [-0.05, 0) is 31.5 Å². The van der Waals surface area contributed by atoms with Crippen molar-refractivity contribution in [3.8, 4) is 0 Å². The first-order valence-corrected chi connectivity index (χ1v) is 12.6. The number of hydrogen-bond donors (Lipinski definition) is 1. The molecule has 2 atom stereocenters. The van der Waals surface area contributed by atoms with Gasteiger partial charge in [-0.2, -0.15) is 0 Å². The van der Waals surface area contributed by atoms with Crippen LogP contribution in [0.4, 0.5) is 5.69 Å². The molecule has 12 heteroatoms. The maximum atomic E-state index is 13.4. The molecule has 3 heterocycles. The summed E-state index contributed by atoms with van der Waals surface area (Å²) in [6, 6.07) is 9.17. The molecule has 1 fully saturated rings. The molecule has 2 aromatic rings. The molecule has 4 rings (SSSR count). The van der Waals surface area contributed by atoms with E-state index in [0.29, 0.717) is 55.5 Å². The summed E-state index contributed by atoms with van der Waals surface area (Å²) in [6.07, 6.45) is 1.47. The van der Waals surface area contributed by atoms with Crippen molar-refractivity contribution < 1.29 is 38.1 Å². The predicted molar refractivity (Wildman–Crippen MR) is 138 cm³/mol. The number of quaternary nitrogens is 1. The lowest BCUT2D eigenvalue weighted by Gasteiger charge is -2.32. The fraction of sp³-hybridized carbons (Fsp3) is 0.407. The number of nitro groups is 1. The van der Waals surface area contributed by atoms with Gasteiger partial charge in [0.1, 0.15) is 19.1 Å². The molecule has 206 valence electrons. The fourth-order valence-electron chi connectivity index (χ4n) is 5.12. The van der Waals surface area contributed by atoms with Gasteiger partial charge in [-0.25, -0.2) is 4.79 Å². The molecule has 1 N–H and O–H groups in total. The first kappa shape index (κ1) is 27.7. The normalized spacial score (nSPS) is 19.9. The van der Waals surface area contributed by atoms with Crippen molar-refractivity contribution in [1.82, 2.24) is 4.90 Å². The largest absolute Gasteiger partial charge is 0.468 e. The van der Waals surface area contributed by atoms with Crippen LogP contribution in [0, 0.1) is 16.0 Å². The zero-order valence-electron chi connectivity index (χ0n) is 22.0. The quantitative estimate of drug-likeness (QED) is 0.301. The molecule has 2 aliphatic rings. The lowest BCUT2D eigenvalue weighted by Crippen LogP contribution is -3.15. The summed E-state index contributed by atoms with van der Waals surface area (Å²) in [7, 11) is 1.24. The van der Waals surface area contributed by atoms with Crippen LogP contribution in [-0.4, -0.2) is 79.8 Å². The molecule has 1 aromatic carbocycles. The first-order chi connectivity index (χ1) is 18.7. The number of benzene rings is 1. The molecule has 2 aliphatic heterocycles. The van der Waals surface area contributed by atoms with Crippen LogP contribution >= 0.6 is 0 Å². The maximum absolute atomic E-state index is 13.4. The smallest absolute Gasteiger partial charge is 0.336 e. The van der Waals surface area contributed by atoms with E-state index in [2.05, 4.69) is 4.99 Å². The van der Waals surface area contributed by atoms with Crippen molar-refractivity contribution in [3.63, 3.8) is 0 Å². The van der Waals surface area contributed by atoms with Crippen LogP contribution in [0.3, 0.4) is 0 Å². The van der Waals surface area contributed by atoms with Gasteiger partial charge in [0, 0.05) is 29.5 Å². The molecule has 0 spiro atoms. The molecule has 0 saturated carbocycles. The molecule has 1 unspecified atom stereocenters. The van der Waals surface area contributed by atoms with Gasteiger partial charge in [-0.1, -0.05) is 12.1 Å². The van der Waals surface area contributed by atoms with E-state index >= 15 is 0 Å². The van der Waals surface area contributed by atoms with E-state index < -0.39 is 28.7 Å². The van der Waals surface area contributed by atoms with Gasteiger partial charge in [0.15, 0.2) is 5.76 Å². The van der Waals surface area contributed by atoms with Crippen LogP contribution in [0.5, 0.6) is 0 Å². The Morgan fingerprint density at radius 1 is 1.18 bits per heavy atom. The van der Waals surface area contributed by atoms with Crippen molar-refractivity contribution in [3.05, 3.63) is 75.4 Å². The van der Waals surface area contributed by atoms with Crippen LogP contribution in [0.25, 0.3) is 0 Å². The van der Waals surface area contributed by atoms with Crippen molar-refractivity contribution in [2.24, 2.45) is 10.9 Å². The highest BCUT2D eigenvalue weighted by molar-refractivity contribution is 6.07. The van der Waals surface area contributed by atoms with E-state index in [9.17, 15) is 24.5 Å². The summed E-state index contributed by atoms with van der Waals surface area (Å²) in [5.74, 6) is -2.87. The summed E-state index contributed by atoms with van der Waals surface area (Å²) in [5.41, 5.74) is 1.25. The second-order valence-corrected chi connectivity index (χ2v) is 9.49. The highest BCUT2D eigenvalue weighted by atomic mass is 16.6. The Morgan fingerprint density at radius 2 is 1.92 bits per heavy atom. The molecule has 1 saturated heterocycles. The number of hydrogen-bond acceptors (Lipinski definition) is 9. The number of carbonyl (C=O) groups is 3. The Hall–Kier alpha value is -4.32. The van der Waals surface area contributed by atoms with Gasteiger partial charge in [0.05, 0.1) is 50.0 Å². The highest BCUT2D eigenvalue weighted by Gasteiger charge is 2.42. The average molecular weight is 540 g/mol. The van der Waals surface area contributed by atoms with E-state index in [-0.39, 0.29) is 23.8 Å². The number of allylic oxidation sites excluding steroid dienone is 1. The molecule has 12 nitrogen and oxygen atoms in total. The minimum atomic E-state index is -0.936. The van der Waals surface area contributed by atoms with Gasteiger partial charge >= 0.3 is 11.9 Å². The Balaban J connectivity index is 1.45. The van der Waals surface area contributed by atoms with Gasteiger partial charge in [0.25, 0.3) is 11.6 Å². The number of aliphatic imine (C=N–C) groups is 1. The van der Waals surface area contributed by atoms with E-state index in [4.69, 9.17) is 13.9 Å². The summed E-state index contributed by atoms with van der Waals surface area (Å²) in [6.45, 7) is 6.45.